The van der Waals surface area contributed by atoms with Crippen LogP contribution in [0.15, 0.2) is 95.6 Å². The molecule has 0 atom stereocenters. The van der Waals surface area contributed by atoms with Gasteiger partial charge in [0.1, 0.15) is 17.1 Å². The molecule has 0 bridgehead atoms. The fourth-order valence-electron chi connectivity index (χ4n) is 3.48. The number of halogens is 1. The van der Waals surface area contributed by atoms with Gasteiger partial charge in [0.05, 0.1) is 17.5 Å². The second-order valence-corrected chi connectivity index (χ2v) is 8.34. The summed E-state index contributed by atoms with van der Waals surface area (Å²) < 4.78 is 20.3. The van der Waals surface area contributed by atoms with Gasteiger partial charge in [-0.3, -0.25) is 14.5 Å². The van der Waals surface area contributed by atoms with E-state index in [-0.39, 0.29) is 23.8 Å². The molecule has 2 heterocycles. The number of thiazole rings is 1. The first kappa shape index (κ1) is 20.8. The monoisotopic (exact) mass is 456 g/mol. The van der Waals surface area contributed by atoms with Crippen LogP contribution in [0.25, 0.3) is 10.2 Å². The average molecular weight is 456 g/mol. The number of aromatic nitrogens is 1. The van der Waals surface area contributed by atoms with E-state index in [2.05, 4.69) is 4.98 Å². The van der Waals surface area contributed by atoms with Crippen LogP contribution in [-0.2, 0) is 6.54 Å². The first-order valence-electron chi connectivity index (χ1n) is 10.2. The molecule has 7 heteroatoms. The summed E-state index contributed by atoms with van der Waals surface area (Å²) >= 11 is 1.23. The maximum atomic E-state index is 14.2. The van der Waals surface area contributed by atoms with Crippen LogP contribution >= 0.6 is 11.3 Å². The fraction of sp³-hybridized carbons (Fsp3) is 0.0385. The van der Waals surface area contributed by atoms with E-state index in [9.17, 15) is 14.0 Å². The number of para-hydroxylation sites is 1. The molecule has 1 amide bonds. The number of fused-ring (bicyclic) bond motifs is 1. The Morgan fingerprint density at radius 2 is 1.58 bits per heavy atom. The third-order valence-corrected chi connectivity index (χ3v) is 6.20. The molecule has 0 fully saturated rings. The van der Waals surface area contributed by atoms with Gasteiger partial charge in [-0.1, -0.05) is 59.9 Å². The van der Waals surface area contributed by atoms with Crippen molar-refractivity contribution in [1.29, 1.82) is 0 Å². The number of furan rings is 1. The molecule has 5 aromatic rings. The minimum Gasteiger partial charge on any atom is -0.467 e. The largest absolute Gasteiger partial charge is 0.467 e. The van der Waals surface area contributed by atoms with Gasteiger partial charge in [0.2, 0.25) is 0 Å². The molecule has 0 unspecified atom stereocenters. The topological polar surface area (TPSA) is 63.4 Å². The molecule has 5 rings (SSSR count). The quantitative estimate of drug-likeness (QED) is 0.289. The molecule has 0 spiro atoms. The number of carbonyl (C=O) groups excluding carboxylic acids is 2. The van der Waals surface area contributed by atoms with E-state index in [1.54, 1.807) is 72.8 Å². The molecule has 2 aromatic heterocycles. The maximum absolute atomic E-state index is 14.2. The molecule has 0 saturated heterocycles. The Balaban J connectivity index is 1.47. The molecular formula is C26H17FN2O3S. The summed E-state index contributed by atoms with van der Waals surface area (Å²) in [6, 6.07) is 23.7. The van der Waals surface area contributed by atoms with Crippen molar-refractivity contribution in [2.75, 3.05) is 4.90 Å². The lowest BCUT2D eigenvalue weighted by atomic mass is 10.0. The van der Waals surface area contributed by atoms with E-state index in [4.69, 9.17) is 4.42 Å². The van der Waals surface area contributed by atoms with E-state index in [1.165, 1.54) is 28.6 Å². The van der Waals surface area contributed by atoms with Gasteiger partial charge in [0.25, 0.3) is 5.91 Å². The van der Waals surface area contributed by atoms with Crippen molar-refractivity contribution < 1.29 is 18.4 Å². The number of hydrogen-bond acceptors (Lipinski definition) is 5. The van der Waals surface area contributed by atoms with Crippen LogP contribution in [0.4, 0.5) is 9.52 Å². The third-order valence-electron chi connectivity index (χ3n) is 5.16. The maximum Gasteiger partial charge on any atom is 0.260 e. The first-order chi connectivity index (χ1) is 16.1. The van der Waals surface area contributed by atoms with Crippen molar-refractivity contribution in [3.8, 4) is 0 Å². The lowest BCUT2D eigenvalue weighted by molar-refractivity contribution is 0.0981. The number of ketones is 1. The minimum absolute atomic E-state index is 0.122. The Kier molecular flexibility index (Phi) is 5.54. The Labute approximate surface area is 192 Å². The Hall–Kier alpha value is -4.10. The third kappa shape index (κ3) is 4.18. The van der Waals surface area contributed by atoms with Crippen molar-refractivity contribution >= 4 is 38.4 Å². The van der Waals surface area contributed by atoms with Crippen LogP contribution in [0, 0.1) is 5.82 Å². The van der Waals surface area contributed by atoms with Crippen LogP contribution in [0.5, 0.6) is 0 Å². The second kappa shape index (κ2) is 8.80. The van der Waals surface area contributed by atoms with Gasteiger partial charge in [-0.25, -0.2) is 9.37 Å². The summed E-state index contributed by atoms with van der Waals surface area (Å²) in [6.45, 7) is 0.137. The first-order valence-corrected chi connectivity index (χ1v) is 11.0. The van der Waals surface area contributed by atoms with E-state index >= 15 is 0 Å². The van der Waals surface area contributed by atoms with Crippen LogP contribution in [0.3, 0.4) is 0 Å². The highest BCUT2D eigenvalue weighted by Gasteiger charge is 2.24. The van der Waals surface area contributed by atoms with Crippen molar-refractivity contribution in [3.63, 3.8) is 0 Å². The number of amides is 1. The average Bonchev–Trinajstić information content (AvgIpc) is 3.53. The number of anilines is 1. The standard InChI is InChI=1S/C26H17FN2O3S/c27-21-9-4-10-22-23(21)28-26(33-22)29(16-20-8-5-15-32-20)25(31)19-13-11-18(12-14-19)24(30)17-6-2-1-3-7-17/h1-15H,16H2. The zero-order valence-electron chi connectivity index (χ0n) is 17.3. The van der Waals surface area contributed by atoms with Crippen molar-refractivity contribution in [2.45, 2.75) is 6.54 Å². The number of nitrogens with zero attached hydrogens (tertiary/aromatic N) is 2. The molecule has 0 aliphatic carbocycles. The number of carbonyl (C=O) groups is 2. The highest BCUT2D eigenvalue weighted by molar-refractivity contribution is 7.22. The van der Waals surface area contributed by atoms with Gasteiger partial charge < -0.3 is 4.42 Å². The molecule has 162 valence electrons. The summed E-state index contributed by atoms with van der Waals surface area (Å²) in [6.07, 6.45) is 1.53. The SMILES string of the molecule is O=C(c1ccccc1)c1ccc(C(=O)N(Cc2ccco2)c2nc3c(F)cccc3s2)cc1. The van der Waals surface area contributed by atoms with Gasteiger partial charge in [0.15, 0.2) is 10.9 Å². The molecule has 0 N–H and O–H groups in total. The zero-order chi connectivity index (χ0) is 22.8. The van der Waals surface area contributed by atoms with Gasteiger partial charge >= 0.3 is 0 Å². The summed E-state index contributed by atoms with van der Waals surface area (Å²) in [7, 11) is 0. The summed E-state index contributed by atoms with van der Waals surface area (Å²) in [5.41, 5.74) is 1.66. The summed E-state index contributed by atoms with van der Waals surface area (Å²) in [5.74, 6) is -0.323. The van der Waals surface area contributed by atoms with Crippen LogP contribution < -0.4 is 4.90 Å². The van der Waals surface area contributed by atoms with Crippen LogP contribution in [-0.4, -0.2) is 16.7 Å². The molecule has 5 nitrogen and oxygen atoms in total. The van der Waals surface area contributed by atoms with Gasteiger partial charge in [-0.15, -0.1) is 0 Å². The van der Waals surface area contributed by atoms with Crippen molar-refractivity contribution in [3.05, 3.63) is 119 Å². The predicted octanol–water partition coefficient (Wildman–Crippen LogP) is 6.11. The Morgan fingerprint density at radius 3 is 2.27 bits per heavy atom. The van der Waals surface area contributed by atoms with Gasteiger partial charge in [-0.2, -0.15) is 0 Å². The van der Waals surface area contributed by atoms with Gasteiger partial charge in [-0.05, 0) is 36.4 Å². The van der Waals surface area contributed by atoms with Gasteiger partial charge in [0, 0.05) is 16.7 Å². The minimum atomic E-state index is -0.441. The Morgan fingerprint density at radius 1 is 0.848 bits per heavy atom. The molecule has 0 aliphatic heterocycles. The van der Waals surface area contributed by atoms with Crippen LogP contribution in [0.1, 0.15) is 32.0 Å². The molecular weight excluding hydrogens is 439 g/mol. The number of hydrogen-bond donors (Lipinski definition) is 0. The molecule has 0 saturated carbocycles. The van der Waals surface area contributed by atoms with E-state index < -0.39 is 5.82 Å². The lowest BCUT2D eigenvalue weighted by Gasteiger charge is -2.19. The van der Waals surface area contributed by atoms with Crippen molar-refractivity contribution in [2.24, 2.45) is 0 Å². The predicted molar refractivity (Wildman–Crippen MR) is 125 cm³/mol. The second-order valence-electron chi connectivity index (χ2n) is 7.33. The Bertz CT molecular complexity index is 1430. The van der Waals surface area contributed by atoms with E-state index in [0.29, 0.717) is 32.3 Å². The lowest BCUT2D eigenvalue weighted by Crippen LogP contribution is -2.30. The number of benzene rings is 3. The molecule has 0 aliphatic rings. The van der Waals surface area contributed by atoms with Crippen LogP contribution in [0.2, 0.25) is 0 Å². The number of rotatable bonds is 6. The fourth-order valence-corrected chi connectivity index (χ4v) is 4.46. The normalized spacial score (nSPS) is 10.9. The summed E-state index contributed by atoms with van der Waals surface area (Å²) in [5, 5.41) is 0.362. The van der Waals surface area contributed by atoms with Crippen molar-refractivity contribution in [1.82, 2.24) is 4.98 Å². The highest BCUT2D eigenvalue weighted by Crippen LogP contribution is 2.32. The highest BCUT2D eigenvalue weighted by atomic mass is 32.1. The van der Waals surface area contributed by atoms with E-state index in [0.717, 1.165) is 0 Å². The molecule has 33 heavy (non-hydrogen) atoms. The zero-order valence-corrected chi connectivity index (χ0v) is 18.1. The van der Waals surface area contributed by atoms with E-state index in [1.807, 2.05) is 6.07 Å². The molecule has 0 radical (unpaired) electrons. The molecule has 3 aromatic carbocycles. The summed E-state index contributed by atoms with van der Waals surface area (Å²) in [4.78, 5) is 32.0. The smallest absolute Gasteiger partial charge is 0.260 e.